The molecule has 55 heavy (non-hydrogen) atoms. The molecule has 296 valence electrons. The highest BCUT2D eigenvalue weighted by Gasteiger charge is 2.06. The van der Waals surface area contributed by atoms with E-state index in [9.17, 15) is 14.4 Å². The molecule has 4 aromatic carbocycles. The second kappa shape index (κ2) is 25.2. The van der Waals surface area contributed by atoms with Gasteiger partial charge >= 0.3 is 0 Å². The number of rotatable bonds is 8. The smallest absolute Gasteiger partial charge is 0.261 e. The summed E-state index contributed by atoms with van der Waals surface area (Å²) in [5.74, 6) is -0.391. The van der Waals surface area contributed by atoms with E-state index < -0.39 is 0 Å². The topological polar surface area (TPSA) is 197 Å². The van der Waals surface area contributed by atoms with Crippen molar-refractivity contribution in [3.8, 4) is 11.5 Å². The predicted octanol–water partition coefficient (Wildman–Crippen LogP) is 7.28. The first-order valence-electron chi connectivity index (χ1n) is 17.6. The normalized spacial score (nSPS) is 9.76. The number of thiophene rings is 1. The molecule has 0 saturated carbocycles. The Kier molecular flexibility index (Phi) is 21.6. The number of nitrogens with zero attached hydrogens (tertiary/aromatic N) is 1. The van der Waals surface area contributed by atoms with Crippen LogP contribution in [0.2, 0.25) is 0 Å². The number of aromatic hydroxyl groups is 2. The molecule has 12 heteroatoms. The van der Waals surface area contributed by atoms with Gasteiger partial charge < -0.3 is 42.9 Å². The van der Waals surface area contributed by atoms with Crippen molar-refractivity contribution in [1.82, 2.24) is 10.2 Å². The molecule has 0 saturated heterocycles. The van der Waals surface area contributed by atoms with Gasteiger partial charge in [-0.15, -0.1) is 11.3 Å². The average molecular weight is 771 g/mol. The van der Waals surface area contributed by atoms with Crippen LogP contribution in [-0.2, 0) is 16.0 Å². The van der Waals surface area contributed by atoms with E-state index in [1.807, 2.05) is 128 Å². The minimum absolute atomic E-state index is 0.0319. The summed E-state index contributed by atoms with van der Waals surface area (Å²) >= 11 is 1.54. The average Bonchev–Trinajstić information content (AvgIpc) is 3.55. The molecule has 5 rings (SSSR count). The largest absolute Gasteiger partial charge is 0.504 e. The standard InChI is InChI=1S/C11H18N2OS.2C9H11NO.C7H10N2.C7H8O2/c1-9-5-6-10(15-9)11(14)12-7-4-8-13(2)3;1-7-4-3-5-9(6-7)10-8(2)11;1-7-4-2-3-5-8(7)6-9(10)11;2*1-5-2-3-6(8)7(9)4-5/h5-6H,4,7-8H2,1-3H3,(H,12,14);3-6H,1-2H3,(H,10,11);2-5H,6H2,1H3,(H2,10,11);2-4H,8-9H2,1H3;2-4,8-9H,1H3. The molecular formula is C43H58N6O5S. The van der Waals surface area contributed by atoms with Gasteiger partial charge in [0.25, 0.3) is 5.91 Å². The molecule has 0 aliphatic heterocycles. The number of nitrogens with two attached hydrogens (primary N) is 3. The Morgan fingerprint density at radius 1 is 0.727 bits per heavy atom. The van der Waals surface area contributed by atoms with E-state index in [2.05, 4.69) is 15.5 Å². The Bertz CT molecular complexity index is 1890. The number of hydrogen-bond acceptors (Lipinski definition) is 9. The predicted molar refractivity (Wildman–Crippen MR) is 229 cm³/mol. The number of benzene rings is 4. The molecule has 0 radical (unpaired) electrons. The summed E-state index contributed by atoms with van der Waals surface area (Å²) in [6.07, 6.45) is 1.33. The van der Waals surface area contributed by atoms with Crippen LogP contribution in [0, 0.1) is 34.6 Å². The number of amides is 3. The molecule has 0 atom stereocenters. The number of nitrogen functional groups attached to an aromatic ring is 2. The lowest BCUT2D eigenvalue weighted by Gasteiger charge is -2.09. The zero-order valence-corrected chi connectivity index (χ0v) is 34.1. The summed E-state index contributed by atoms with van der Waals surface area (Å²) in [5, 5.41) is 23.3. The fourth-order valence-electron chi connectivity index (χ4n) is 4.49. The van der Waals surface area contributed by atoms with Crippen molar-refractivity contribution in [3.05, 3.63) is 135 Å². The van der Waals surface area contributed by atoms with Crippen LogP contribution in [-0.4, -0.2) is 60.0 Å². The molecule has 0 fully saturated rings. The second-order valence-electron chi connectivity index (χ2n) is 13.1. The Labute approximate surface area is 330 Å². The zero-order valence-electron chi connectivity index (χ0n) is 33.3. The second-order valence-corrected chi connectivity index (χ2v) is 14.4. The van der Waals surface area contributed by atoms with Crippen LogP contribution >= 0.6 is 11.3 Å². The molecule has 0 spiro atoms. The molecule has 0 aliphatic carbocycles. The molecule has 1 aromatic heterocycles. The number of carbonyl (C=O) groups is 3. The summed E-state index contributed by atoms with van der Waals surface area (Å²) in [7, 11) is 4.06. The zero-order chi connectivity index (χ0) is 41.5. The lowest BCUT2D eigenvalue weighted by molar-refractivity contribution is -0.117. The molecule has 11 nitrogen and oxygen atoms in total. The summed E-state index contributed by atoms with van der Waals surface area (Å²) < 4.78 is 0. The third-order valence-corrected chi connectivity index (χ3v) is 8.37. The number of nitrogens with one attached hydrogen (secondary N) is 2. The van der Waals surface area contributed by atoms with Crippen molar-refractivity contribution in [2.75, 3.05) is 44.0 Å². The number of anilines is 3. The van der Waals surface area contributed by atoms with Gasteiger partial charge in [0.1, 0.15) is 0 Å². The molecule has 5 aromatic rings. The lowest BCUT2D eigenvalue weighted by Crippen LogP contribution is -2.26. The van der Waals surface area contributed by atoms with Gasteiger partial charge in [0.05, 0.1) is 22.7 Å². The van der Waals surface area contributed by atoms with Crippen molar-refractivity contribution >= 4 is 46.1 Å². The molecule has 3 amide bonds. The Morgan fingerprint density at radius 2 is 1.36 bits per heavy atom. The molecule has 1 heterocycles. The van der Waals surface area contributed by atoms with Crippen molar-refractivity contribution in [2.24, 2.45) is 5.73 Å². The van der Waals surface area contributed by atoms with Crippen molar-refractivity contribution in [1.29, 1.82) is 0 Å². The minimum Gasteiger partial charge on any atom is -0.504 e. The summed E-state index contributed by atoms with van der Waals surface area (Å²) in [4.78, 5) is 36.8. The van der Waals surface area contributed by atoms with Crippen LogP contribution in [0.15, 0.2) is 97.1 Å². The molecule has 10 N–H and O–H groups in total. The van der Waals surface area contributed by atoms with Crippen molar-refractivity contribution < 1.29 is 24.6 Å². The lowest BCUT2D eigenvalue weighted by atomic mass is 10.1. The number of carbonyl (C=O) groups excluding carboxylic acids is 3. The van der Waals surface area contributed by atoms with Crippen LogP contribution in [0.1, 0.15) is 55.7 Å². The highest BCUT2D eigenvalue weighted by Crippen LogP contribution is 2.24. The van der Waals surface area contributed by atoms with Crippen molar-refractivity contribution in [3.63, 3.8) is 0 Å². The maximum atomic E-state index is 11.6. The first-order chi connectivity index (χ1) is 25.9. The van der Waals surface area contributed by atoms with E-state index in [4.69, 9.17) is 27.4 Å². The first kappa shape index (κ1) is 47.2. The highest BCUT2D eigenvalue weighted by molar-refractivity contribution is 7.13. The number of aryl methyl sites for hydroxylation is 5. The van der Waals surface area contributed by atoms with E-state index in [1.165, 1.54) is 35.3 Å². The molecular weight excluding hydrogens is 713 g/mol. The van der Waals surface area contributed by atoms with Crippen LogP contribution in [0.5, 0.6) is 11.5 Å². The molecule has 0 aliphatic rings. The third kappa shape index (κ3) is 21.4. The number of phenols is 2. The first-order valence-corrected chi connectivity index (χ1v) is 18.5. The molecule has 0 bridgehead atoms. The van der Waals surface area contributed by atoms with E-state index in [1.54, 1.807) is 6.07 Å². The maximum Gasteiger partial charge on any atom is 0.261 e. The van der Waals surface area contributed by atoms with E-state index >= 15 is 0 Å². The van der Waals surface area contributed by atoms with Gasteiger partial charge in [-0.2, -0.15) is 0 Å². The van der Waals surface area contributed by atoms with Gasteiger partial charge in [-0.3, -0.25) is 14.4 Å². The van der Waals surface area contributed by atoms with Gasteiger partial charge in [0.15, 0.2) is 11.5 Å². The number of hydrogen-bond donors (Lipinski definition) is 7. The Morgan fingerprint density at radius 3 is 1.87 bits per heavy atom. The minimum atomic E-state index is -0.278. The van der Waals surface area contributed by atoms with Crippen LogP contribution in [0.3, 0.4) is 0 Å². The van der Waals surface area contributed by atoms with Gasteiger partial charge in [-0.25, -0.2) is 0 Å². The molecule has 0 unspecified atom stereocenters. The SMILES string of the molecule is CC(=O)Nc1cccc(C)c1.Cc1ccc(C(=O)NCCCN(C)C)s1.Cc1ccc(N)c(N)c1.Cc1ccc(O)c(O)c1.Cc1ccccc1CC(N)=O. The Balaban J connectivity index is 0.000000348. The van der Waals surface area contributed by atoms with Crippen LogP contribution in [0.4, 0.5) is 17.1 Å². The van der Waals surface area contributed by atoms with E-state index in [0.717, 1.165) is 57.9 Å². The van der Waals surface area contributed by atoms with Gasteiger partial charge in [0.2, 0.25) is 11.8 Å². The van der Waals surface area contributed by atoms with E-state index in [-0.39, 0.29) is 29.2 Å². The quantitative estimate of drug-likeness (QED) is 0.0485. The van der Waals surface area contributed by atoms with Gasteiger partial charge in [0, 0.05) is 24.0 Å². The fraction of sp³-hybridized carbons (Fsp3) is 0.279. The maximum absolute atomic E-state index is 11.6. The van der Waals surface area contributed by atoms with E-state index in [0.29, 0.717) is 17.8 Å². The number of phenolic OH excluding ortho intramolecular Hbond substituents is 2. The van der Waals surface area contributed by atoms with Crippen molar-refractivity contribution in [2.45, 2.75) is 54.4 Å². The third-order valence-electron chi connectivity index (χ3n) is 7.37. The highest BCUT2D eigenvalue weighted by atomic mass is 32.1. The van der Waals surface area contributed by atoms with Gasteiger partial charge in [-0.05, 0) is 138 Å². The summed E-state index contributed by atoms with van der Waals surface area (Å²) in [6, 6.07) is 29.6. The van der Waals surface area contributed by atoms with Gasteiger partial charge in [-0.1, -0.05) is 48.5 Å². The monoisotopic (exact) mass is 770 g/mol. The Hall–Kier alpha value is -5.85. The fourth-order valence-corrected chi connectivity index (χ4v) is 5.27. The number of primary amides is 1. The summed E-state index contributed by atoms with van der Waals surface area (Å²) in [5.41, 5.74) is 23.5. The summed E-state index contributed by atoms with van der Waals surface area (Å²) in [6.45, 7) is 13.0. The van der Waals surface area contributed by atoms with Crippen LogP contribution in [0.25, 0.3) is 0 Å². The van der Waals surface area contributed by atoms with Crippen LogP contribution < -0.4 is 27.8 Å².